The third-order valence-corrected chi connectivity index (χ3v) is 3.71. The molecular formula is C19H18. The fourth-order valence-corrected chi connectivity index (χ4v) is 2.72. The topological polar surface area (TPSA) is 0 Å². The van der Waals surface area contributed by atoms with E-state index < -0.39 is 0 Å². The Bertz CT molecular complexity index is 658. The SMILES string of the molecule is CC1=C(/C=C/c2ccccc2)c2ccc(C)cc2C1. The highest BCUT2D eigenvalue weighted by atomic mass is 14.2. The van der Waals surface area contributed by atoms with Crippen LogP contribution in [0, 0.1) is 6.92 Å². The second kappa shape index (κ2) is 4.89. The molecular weight excluding hydrogens is 228 g/mol. The van der Waals surface area contributed by atoms with Crippen LogP contribution in [0.15, 0.2) is 60.2 Å². The molecule has 94 valence electrons. The Labute approximate surface area is 115 Å². The van der Waals surface area contributed by atoms with Crippen molar-refractivity contribution >= 4 is 11.6 Å². The zero-order valence-corrected chi connectivity index (χ0v) is 11.5. The Balaban J connectivity index is 1.94. The molecule has 0 atom stereocenters. The van der Waals surface area contributed by atoms with E-state index in [1.165, 1.54) is 33.4 Å². The minimum atomic E-state index is 1.09. The second-order valence-corrected chi connectivity index (χ2v) is 5.28. The summed E-state index contributed by atoms with van der Waals surface area (Å²) in [6.45, 7) is 4.40. The molecule has 0 heterocycles. The highest BCUT2D eigenvalue weighted by Crippen LogP contribution is 2.34. The van der Waals surface area contributed by atoms with Gasteiger partial charge in [-0.05, 0) is 42.5 Å². The maximum Gasteiger partial charge on any atom is -0.00544 e. The summed E-state index contributed by atoms with van der Waals surface area (Å²) in [5.74, 6) is 0. The predicted molar refractivity (Wildman–Crippen MR) is 83.0 cm³/mol. The molecule has 0 aliphatic heterocycles. The lowest BCUT2D eigenvalue weighted by molar-refractivity contribution is 1.18. The summed E-state index contributed by atoms with van der Waals surface area (Å²) >= 11 is 0. The number of hydrogen-bond acceptors (Lipinski definition) is 0. The molecule has 2 aromatic carbocycles. The Kier molecular flexibility index (Phi) is 3.08. The summed E-state index contributed by atoms with van der Waals surface area (Å²) in [4.78, 5) is 0. The summed E-state index contributed by atoms with van der Waals surface area (Å²) in [5.41, 5.74) is 8.32. The van der Waals surface area contributed by atoms with Crippen LogP contribution in [0.1, 0.15) is 29.2 Å². The highest BCUT2D eigenvalue weighted by Gasteiger charge is 2.16. The minimum absolute atomic E-state index is 1.09. The summed E-state index contributed by atoms with van der Waals surface area (Å²) in [6.07, 6.45) is 5.55. The van der Waals surface area contributed by atoms with Gasteiger partial charge in [0.25, 0.3) is 0 Å². The van der Waals surface area contributed by atoms with Crippen molar-refractivity contribution in [2.75, 3.05) is 0 Å². The van der Waals surface area contributed by atoms with Crippen molar-refractivity contribution in [3.05, 3.63) is 82.4 Å². The molecule has 0 bridgehead atoms. The Morgan fingerprint density at radius 3 is 2.47 bits per heavy atom. The predicted octanol–water partition coefficient (Wildman–Crippen LogP) is 5.04. The molecule has 0 aromatic heterocycles. The van der Waals surface area contributed by atoms with Crippen LogP contribution in [0.4, 0.5) is 0 Å². The van der Waals surface area contributed by atoms with Crippen LogP contribution in [-0.4, -0.2) is 0 Å². The fourth-order valence-electron chi connectivity index (χ4n) is 2.72. The minimum Gasteiger partial charge on any atom is -0.0622 e. The van der Waals surface area contributed by atoms with E-state index in [2.05, 4.69) is 74.5 Å². The average Bonchev–Trinajstić information content (AvgIpc) is 2.72. The number of aryl methyl sites for hydroxylation is 1. The molecule has 0 radical (unpaired) electrons. The highest BCUT2D eigenvalue weighted by molar-refractivity contribution is 5.85. The lowest BCUT2D eigenvalue weighted by Gasteiger charge is -2.03. The van der Waals surface area contributed by atoms with Crippen molar-refractivity contribution in [3.8, 4) is 0 Å². The Morgan fingerprint density at radius 2 is 1.68 bits per heavy atom. The van der Waals surface area contributed by atoms with Crippen LogP contribution in [0.3, 0.4) is 0 Å². The lowest BCUT2D eigenvalue weighted by atomic mass is 10.0. The zero-order chi connectivity index (χ0) is 13.2. The van der Waals surface area contributed by atoms with Crippen LogP contribution in [0.25, 0.3) is 11.6 Å². The van der Waals surface area contributed by atoms with Gasteiger partial charge >= 0.3 is 0 Å². The summed E-state index contributed by atoms with van der Waals surface area (Å²) in [7, 11) is 0. The second-order valence-electron chi connectivity index (χ2n) is 5.28. The molecule has 0 spiro atoms. The average molecular weight is 246 g/mol. The van der Waals surface area contributed by atoms with Gasteiger partial charge in [-0.15, -0.1) is 0 Å². The lowest BCUT2D eigenvalue weighted by Crippen LogP contribution is -1.84. The van der Waals surface area contributed by atoms with Gasteiger partial charge in [0, 0.05) is 0 Å². The van der Waals surface area contributed by atoms with E-state index in [0.717, 1.165) is 6.42 Å². The largest absolute Gasteiger partial charge is 0.0622 e. The quantitative estimate of drug-likeness (QED) is 0.696. The van der Waals surface area contributed by atoms with Crippen molar-refractivity contribution < 1.29 is 0 Å². The number of rotatable bonds is 2. The third kappa shape index (κ3) is 2.39. The van der Waals surface area contributed by atoms with Crippen LogP contribution in [-0.2, 0) is 6.42 Å². The molecule has 0 amide bonds. The summed E-state index contributed by atoms with van der Waals surface area (Å²) < 4.78 is 0. The molecule has 19 heavy (non-hydrogen) atoms. The molecule has 1 aliphatic rings. The molecule has 0 unspecified atom stereocenters. The van der Waals surface area contributed by atoms with Gasteiger partial charge in [0.1, 0.15) is 0 Å². The maximum absolute atomic E-state index is 2.31. The molecule has 2 aromatic rings. The van der Waals surface area contributed by atoms with Crippen molar-refractivity contribution in [1.29, 1.82) is 0 Å². The first-order chi connectivity index (χ1) is 9.24. The maximum atomic E-state index is 2.31. The third-order valence-electron chi connectivity index (χ3n) is 3.71. The van der Waals surface area contributed by atoms with Gasteiger partial charge in [-0.3, -0.25) is 0 Å². The number of benzene rings is 2. The van der Waals surface area contributed by atoms with E-state index in [1.807, 2.05) is 0 Å². The van der Waals surface area contributed by atoms with Gasteiger partial charge in [-0.1, -0.05) is 71.8 Å². The zero-order valence-electron chi connectivity index (χ0n) is 11.5. The first-order valence-corrected chi connectivity index (χ1v) is 6.77. The molecule has 0 fully saturated rings. The smallest absolute Gasteiger partial charge is 0.00544 e. The van der Waals surface area contributed by atoms with Gasteiger partial charge in [-0.2, -0.15) is 0 Å². The molecule has 0 heteroatoms. The van der Waals surface area contributed by atoms with Crippen molar-refractivity contribution in [3.63, 3.8) is 0 Å². The van der Waals surface area contributed by atoms with Crippen molar-refractivity contribution in [1.82, 2.24) is 0 Å². The summed E-state index contributed by atoms with van der Waals surface area (Å²) in [5, 5.41) is 0. The molecule has 3 rings (SSSR count). The van der Waals surface area contributed by atoms with Crippen LogP contribution in [0.5, 0.6) is 0 Å². The van der Waals surface area contributed by atoms with Crippen LogP contribution >= 0.6 is 0 Å². The molecule has 0 N–H and O–H groups in total. The van der Waals surface area contributed by atoms with Gasteiger partial charge in [0.05, 0.1) is 0 Å². The molecule has 1 aliphatic carbocycles. The number of hydrogen-bond donors (Lipinski definition) is 0. The van der Waals surface area contributed by atoms with Gasteiger partial charge < -0.3 is 0 Å². The first kappa shape index (κ1) is 12.0. The number of allylic oxidation sites excluding steroid dienone is 3. The molecule has 0 saturated heterocycles. The monoisotopic (exact) mass is 246 g/mol. The molecule has 0 nitrogen and oxygen atoms in total. The van der Waals surface area contributed by atoms with Gasteiger partial charge in [-0.25, -0.2) is 0 Å². The Hall–Kier alpha value is -2.08. The van der Waals surface area contributed by atoms with E-state index in [-0.39, 0.29) is 0 Å². The first-order valence-electron chi connectivity index (χ1n) is 6.77. The van der Waals surface area contributed by atoms with E-state index in [4.69, 9.17) is 0 Å². The van der Waals surface area contributed by atoms with Gasteiger partial charge in [0.15, 0.2) is 0 Å². The van der Waals surface area contributed by atoms with E-state index in [0.29, 0.717) is 0 Å². The van der Waals surface area contributed by atoms with E-state index in [9.17, 15) is 0 Å². The normalized spacial score (nSPS) is 14.2. The van der Waals surface area contributed by atoms with Crippen LogP contribution in [0.2, 0.25) is 0 Å². The Morgan fingerprint density at radius 1 is 0.895 bits per heavy atom. The van der Waals surface area contributed by atoms with Gasteiger partial charge in [0.2, 0.25) is 0 Å². The standard InChI is InChI=1S/C19H18/c1-14-8-10-19-17(12-14)13-15(2)18(19)11-9-16-6-4-3-5-7-16/h3-12H,13H2,1-2H3/b11-9+. The fraction of sp³-hybridized carbons (Fsp3) is 0.158. The van der Waals surface area contributed by atoms with E-state index in [1.54, 1.807) is 0 Å². The molecule has 0 saturated carbocycles. The summed E-state index contributed by atoms with van der Waals surface area (Å²) in [6, 6.07) is 17.2. The van der Waals surface area contributed by atoms with Crippen molar-refractivity contribution in [2.24, 2.45) is 0 Å². The number of fused-ring (bicyclic) bond motifs is 1. The van der Waals surface area contributed by atoms with Crippen molar-refractivity contribution in [2.45, 2.75) is 20.3 Å². The van der Waals surface area contributed by atoms with Crippen LogP contribution < -0.4 is 0 Å². The van der Waals surface area contributed by atoms with E-state index >= 15 is 0 Å².